The van der Waals surface area contributed by atoms with Crippen LogP contribution in [-0.2, 0) is 0 Å². The van der Waals surface area contributed by atoms with Gasteiger partial charge in [-0.15, -0.1) is 0 Å². The minimum atomic E-state index is 1.30. The number of hydrogen-bond acceptors (Lipinski definition) is 0. The molecule has 22 heavy (non-hydrogen) atoms. The van der Waals surface area contributed by atoms with Gasteiger partial charge in [-0.2, -0.15) is 0 Å². The predicted molar refractivity (Wildman–Crippen MR) is 98.3 cm³/mol. The molecule has 4 aromatic rings. The summed E-state index contributed by atoms with van der Waals surface area (Å²) in [5.41, 5.74) is 2.62. The van der Waals surface area contributed by atoms with E-state index in [2.05, 4.69) is 86.7 Å². The Kier molecular flexibility index (Phi) is 2.97. The zero-order chi connectivity index (χ0) is 15.1. The topological polar surface area (TPSA) is 0 Å². The van der Waals surface area contributed by atoms with Crippen LogP contribution in [0.15, 0.2) is 72.8 Å². The molecule has 0 fully saturated rings. The molecule has 0 spiro atoms. The van der Waals surface area contributed by atoms with E-state index in [0.717, 1.165) is 0 Å². The Morgan fingerprint density at radius 1 is 0.636 bits per heavy atom. The van der Waals surface area contributed by atoms with Crippen molar-refractivity contribution in [1.29, 1.82) is 0 Å². The van der Waals surface area contributed by atoms with Gasteiger partial charge in [0.15, 0.2) is 0 Å². The van der Waals surface area contributed by atoms with Crippen molar-refractivity contribution >= 4 is 37.9 Å². The van der Waals surface area contributed by atoms with E-state index in [4.69, 9.17) is 0 Å². The summed E-state index contributed by atoms with van der Waals surface area (Å²) in [5.74, 6) is 0. The van der Waals surface area contributed by atoms with Crippen LogP contribution >= 0.6 is 0 Å². The summed E-state index contributed by atoms with van der Waals surface area (Å²) in [6, 6.07) is 24.5. The molecule has 0 atom stereocenters. The highest BCUT2D eigenvalue weighted by Crippen LogP contribution is 2.29. The van der Waals surface area contributed by atoms with E-state index in [9.17, 15) is 0 Å². The van der Waals surface area contributed by atoms with Crippen LogP contribution in [0.5, 0.6) is 0 Å². The largest absolute Gasteiger partial charge is 0.0841 e. The Bertz CT molecular complexity index is 1040. The quantitative estimate of drug-likeness (QED) is 0.346. The lowest BCUT2D eigenvalue weighted by molar-refractivity contribution is 1.57. The Hall–Kier alpha value is -2.60. The van der Waals surface area contributed by atoms with E-state index in [1.807, 2.05) is 0 Å². The van der Waals surface area contributed by atoms with Crippen LogP contribution in [0, 0.1) is 0 Å². The van der Waals surface area contributed by atoms with Crippen LogP contribution in [0.2, 0.25) is 0 Å². The zero-order valence-electron chi connectivity index (χ0n) is 12.9. The molecule has 0 aliphatic rings. The van der Waals surface area contributed by atoms with Gasteiger partial charge in [-0.1, -0.05) is 42.5 Å². The number of fused-ring (bicyclic) bond motifs is 3. The van der Waals surface area contributed by atoms with Crippen molar-refractivity contribution in [1.82, 2.24) is 0 Å². The molecule has 0 nitrogen and oxygen atoms in total. The molecule has 0 aliphatic carbocycles. The summed E-state index contributed by atoms with van der Waals surface area (Å²) >= 11 is 0. The summed E-state index contributed by atoms with van der Waals surface area (Å²) in [5, 5.41) is 7.82. The van der Waals surface area contributed by atoms with Crippen molar-refractivity contribution in [3.05, 3.63) is 78.4 Å². The Labute approximate surface area is 130 Å². The number of hydrogen-bond donors (Lipinski definition) is 0. The first-order chi connectivity index (χ1) is 10.7. The minimum absolute atomic E-state index is 1.30. The fourth-order valence-electron chi connectivity index (χ4n) is 3.10. The lowest BCUT2D eigenvalue weighted by Crippen LogP contribution is -1.82. The van der Waals surface area contributed by atoms with E-state index >= 15 is 0 Å². The summed E-state index contributed by atoms with van der Waals surface area (Å²) in [6.07, 6.45) is 2.16. The van der Waals surface area contributed by atoms with Crippen molar-refractivity contribution < 1.29 is 0 Å². The van der Waals surface area contributed by atoms with E-state index in [-0.39, 0.29) is 0 Å². The Balaban J connectivity index is 2.03. The summed E-state index contributed by atoms with van der Waals surface area (Å²) < 4.78 is 0. The van der Waals surface area contributed by atoms with Crippen LogP contribution in [0.25, 0.3) is 37.9 Å². The molecule has 0 heteroatoms. The second-order valence-electron chi connectivity index (χ2n) is 5.93. The lowest BCUT2D eigenvalue weighted by Gasteiger charge is -2.07. The molecule has 106 valence electrons. The minimum Gasteiger partial charge on any atom is -0.0841 e. The van der Waals surface area contributed by atoms with Gasteiger partial charge in [-0.3, -0.25) is 0 Å². The van der Waals surface area contributed by atoms with Gasteiger partial charge in [0.25, 0.3) is 0 Å². The first-order valence-electron chi connectivity index (χ1n) is 7.74. The second kappa shape index (κ2) is 4.99. The summed E-state index contributed by atoms with van der Waals surface area (Å²) in [4.78, 5) is 0. The first kappa shape index (κ1) is 13.1. The van der Waals surface area contributed by atoms with Gasteiger partial charge in [0.1, 0.15) is 0 Å². The normalized spacial score (nSPS) is 12.4. The average Bonchev–Trinajstić information content (AvgIpc) is 2.56. The van der Waals surface area contributed by atoms with Crippen molar-refractivity contribution in [3.63, 3.8) is 0 Å². The van der Waals surface area contributed by atoms with Crippen molar-refractivity contribution in [2.45, 2.75) is 13.8 Å². The third-order valence-corrected chi connectivity index (χ3v) is 4.55. The molecule has 0 saturated heterocycles. The fraction of sp³-hybridized carbons (Fsp3) is 0.0909. The molecule has 0 unspecified atom stereocenters. The zero-order valence-corrected chi connectivity index (χ0v) is 12.9. The van der Waals surface area contributed by atoms with Crippen LogP contribution in [-0.4, -0.2) is 0 Å². The highest BCUT2D eigenvalue weighted by atomic mass is 14.1. The molecule has 4 rings (SSSR count). The lowest BCUT2D eigenvalue weighted by atomic mass is 9.97. The van der Waals surface area contributed by atoms with E-state index in [1.165, 1.54) is 43.5 Å². The maximum atomic E-state index is 2.31. The molecular formula is C22H18. The van der Waals surface area contributed by atoms with Crippen LogP contribution in [0.4, 0.5) is 0 Å². The monoisotopic (exact) mass is 282 g/mol. The van der Waals surface area contributed by atoms with Crippen LogP contribution < -0.4 is 0 Å². The Morgan fingerprint density at radius 3 is 1.73 bits per heavy atom. The van der Waals surface area contributed by atoms with Gasteiger partial charge >= 0.3 is 0 Å². The highest BCUT2D eigenvalue weighted by Gasteiger charge is 2.03. The fourth-order valence-corrected chi connectivity index (χ4v) is 3.10. The highest BCUT2D eigenvalue weighted by molar-refractivity contribution is 6.05. The molecule has 4 aromatic carbocycles. The average molecular weight is 282 g/mol. The second-order valence-corrected chi connectivity index (χ2v) is 5.93. The predicted octanol–water partition coefficient (Wildman–Crippen LogP) is 6.57. The first-order valence-corrected chi connectivity index (χ1v) is 7.74. The molecular weight excluding hydrogens is 264 g/mol. The van der Waals surface area contributed by atoms with E-state index in [1.54, 1.807) is 0 Å². The third-order valence-electron chi connectivity index (χ3n) is 4.55. The maximum Gasteiger partial charge on any atom is -0.0171 e. The van der Waals surface area contributed by atoms with Crippen molar-refractivity contribution in [2.24, 2.45) is 0 Å². The number of rotatable bonds is 1. The van der Waals surface area contributed by atoms with Gasteiger partial charge in [0, 0.05) is 0 Å². The van der Waals surface area contributed by atoms with Gasteiger partial charge < -0.3 is 0 Å². The SMILES string of the molecule is CC=C(C)c1ccc2cc3cc4ccccc4cc3cc2c1. The standard InChI is InChI=1S/C22H18/c1-3-15(2)16-8-9-19-13-21-11-17-6-4-5-7-18(17)12-22(21)14-20(19)10-16/h3-14H,1-2H3. The van der Waals surface area contributed by atoms with Crippen LogP contribution in [0.1, 0.15) is 19.4 Å². The molecule has 0 aromatic heterocycles. The number of benzene rings is 4. The molecule has 0 radical (unpaired) electrons. The Morgan fingerprint density at radius 2 is 1.14 bits per heavy atom. The molecule has 0 heterocycles. The van der Waals surface area contributed by atoms with Gasteiger partial charge in [0.2, 0.25) is 0 Å². The van der Waals surface area contributed by atoms with Gasteiger partial charge in [-0.05, 0) is 87.6 Å². The molecule has 0 amide bonds. The van der Waals surface area contributed by atoms with Gasteiger partial charge in [0.05, 0.1) is 0 Å². The summed E-state index contributed by atoms with van der Waals surface area (Å²) in [7, 11) is 0. The third kappa shape index (κ3) is 2.08. The van der Waals surface area contributed by atoms with Crippen molar-refractivity contribution in [3.8, 4) is 0 Å². The van der Waals surface area contributed by atoms with E-state index < -0.39 is 0 Å². The molecule has 0 aliphatic heterocycles. The van der Waals surface area contributed by atoms with Crippen LogP contribution in [0.3, 0.4) is 0 Å². The van der Waals surface area contributed by atoms with Gasteiger partial charge in [-0.25, -0.2) is 0 Å². The molecule has 0 saturated carbocycles. The number of allylic oxidation sites excluding steroid dienone is 2. The van der Waals surface area contributed by atoms with Crippen molar-refractivity contribution in [2.75, 3.05) is 0 Å². The molecule has 0 N–H and O–H groups in total. The molecule has 0 bridgehead atoms. The van der Waals surface area contributed by atoms with E-state index in [0.29, 0.717) is 0 Å². The maximum absolute atomic E-state index is 2.31. The summed E-state index contributed by atoms with van der Waals surface area (Å²) in [6.45, 7) is 4.25. The smallest absolute Gasteiger partial charge is 0.0171 e.